The Morgan fingerprint density at radius 2 is 1.64 bits per heavy atom. The number of pyridine rings is 1. The van der Waals surface area contributed by atoms with Crippen molar-refractivity contribution in [2.24, 2.45) is 0 Å². The summed E-state index contributed by atoms with van der Waals surface area (Å²) in [6, 6.07) is 14.4. The van der Waals surface area contributed by atoms with Crippen LogP contribution in [0.4, 0.5) is 4.39 Å². The summed E-state index contributed by atoms with van der Waals surface area (Å²) < 4.78 is 14.3. The minimum Gasteiger partial charge on any atom is -0.338 e. The molecule has 0 aliphatic rings. The number of rotatable bonds is 2. The molecule has 2 heterocycles. The first-order chi connectivity index (χ1) is 12.1. The number of H-pyrrole nitrogens is 2. The third-order valence-electron chi connectivity index (χ3n) is 3.93. The maximum absolute atomic E-state index is 13.1. The van der Waals surface area contributed by atoms with E-state index in [0.29, 0.717) is 11.4 Å². The lowest BCUT2D eigenvalue weighted by atomic mass is 10.1. The Labute approximate surface area is 145 Å². The first-order valence-corrected chi connectivity index (χ1v) is 7.82. The fraction of sp³-hybridized carbons (Fsp3) is 0. The van der Waals surface area contributed by atoms with E-state index in [0.717, 1.165) is 5.56 Å². The fourth-order valence-corrected chi connectivity index (χ4v) is 2.97. The maximum atomic E-state index is 13.1. The number of benzene rings is 2. The van der Waals surface area contributed by atoms with Crippen LogP contribution < -0.4 is 11.0 Å². The molecule has 0 bridgehead atoms. The van der Waals surface area contributed by atoms with E-state index in [1.165, 1.54) is 28.9 Å². The van der Waals surface area contributed by atoms with Crippen molar-refractivity contribution >= 4 is 22.6 Å². The average molecular weight is 356 g/mol. The zero-order valence-corrected chi connectivity index (χ0v) is 13.5. The Morgan fingerprint density at radius 1 is 0.960 bits per heavy atom. The van der Waals surface area contributed by atoms with Crippen LogP contribution in [0, 0.1) is 5.82 Å². The summed E-state index contributed by atoms with van der Waals surface area (Å²) in [5.74, 6) is -0.418. The Hall–Kier alpha value is -3.12. The summed E-state index contributed by atoms with van der Waals surface area (Å²) in [6.45, 7) is 0. The lowest BCUT2D eigenvalue weighted by Crippen LogP contribution is -2.18. The second-order valence-corrected chi connectivity index (χ2v) is 5.87. The molecule has 5 nitrogen and oxygen atoms in total. The molecule has 0 radical (unpaired) electrons. The van der Waals surface area contributed by atoms with Crippen LogP contribution in [-0.4, -0.2) is 14.8 Å². The zero-order valence-electron chi connectivity index (χ0n) is 12.7. The Balaban J connectivity index is 2.01. The molecule has 7 heteroatoms. The molecular weight excluding hydrogens is 345 g/mol. The molecule has 2 aromatic heterocycles. The summed E-state index contributed by atoms with van der Waals surface area (Å²) in [7, 11) is 0. The van der Waals surface area contributed by atoms with E-state index in [1.807, 2.05) is 18.2 Å². The van der Waals surface area contributed by atoms with Crippen LogP contribution in [-0.2, 0) is 0 Å². The summed E-state index contributed by atoms with van der Waals surface area (Å²) in [5, 5.41) is 2.72. The molecule has 124 valence electrons. The molecule has 0 aliphatic carbocycles. The van der Waals surface area contributed by atoms with Crippen LogP contribution in [0.25, 0.3) is 28.0 Å². The molecular formula is C18H11ClFN3O2. The Morgan fingerprint density at radius 3 is 2.32 bits per heavy atom. The molecule has 2 N–H and O–H groups in total. The molecule has 0 atom stereocenters. The number of aromatic nitrogens is 3. The van der Waals surface area contributed by atoms with Gasteiger partial charge in [-0.2, -0.15) is 0 Å². The quantitative estimate of drug-likeness (QED) is 0.578. The van der Waals surface area contributed by atoms with Crippen molar-refractivity contribution in [3.8, 4) is 16.9 Å². The number of aromatic amines is 2. The van der Waals surface area contributed by atoms with Crippen molar-refractivity contribution in [3.63, 3.8) is 0 Å². The summed E-state index contributed by atoms with van der Waals surface area (Å²) >= 11 is 6.20. The van der Waals surface area contributed by atoms with Gasteiger partial charge in [-0.3, -0.25) is 14.7 Å². The van der Waals surface area contributed by atoms with Crippen LogP contribution in [0.5, 0.6) is 0 Å². The summed E-state index contributed by atoms with van der Waals surface area (Å²) in [4.78, 5) is 28.2. The first-order valence-electron chi connectivity index (χ1n) is 7.44. The van der Waals surface area contributed by atoms with Crippen molar-refractivity contribution in [2.75, 3.05) is 0 Å². The Kier molecular flexibility index (Phi) is 3.54. The van der Waals surface area contributed by atoms with Crippen LogP contribution in [0.2, 0.25) is 5.02 Å². The third-order valence-corrected chi connectivity index (χ3v) is 4.29. The molecule has 0 amide bonds. The third kappa shape index (κ3) is 2.47. The van der Waals surface area contributed by atoms with Crippen LogP contribution in [0.3, 0.4) is 0 Å². The van der Waals surface area contributed by atoms with Gasteiger partial charge in [0.15, 0.2) is 0 Å². The highest BCUT2D eigenvalue weighted by Gasteiger charge is 2.18. The van der Waals surface area contributed by atoms with E-state index in [-0.39, 0.29) is 16.1 Å². The van der Waals surface area contributed by atoms with Crippen LogP contribution >= 0.6 is 11.6 Å². The molecule has 0 saturated heterocycles. The van der Waals surface area contributed by atoms with Gasteiger partial charge < -0.3 is 4.98 Å². The number of halogens is 2. The zero-order chi connectivity index (χ0) is 17.6. The normalized spacial score (nSPS) is 11.1. The van der Waals surface area contributed by atoms with Gasteiger partial charge in [-0.05, 0) is 29.8 Å². The van der Waals surface area contributed by atoms with E-state index in [4.69, 9.17) is 11.6 Å². The van der Waals surface area contributed by atoms with Crippen molar-refractivity contribution in [1.29, 1.82) is 0 Å². The number of nitrogens with one attached hydrogen (secondary N) is 2. The lowest BCUT2D eigenvalue weighted by molar-refractivity contribution is 0.627. The van der Waals surface area contributed by atoms with Crippen molar-refractivity contribution < 1.29 is 4.39 Å². The molecule has 0 aliphatic heterocycles. The molecule has 2 aromatic carbocycles. The van der Waals surface area contributed by atoms with Gasteiger partial charge in [0, 0.05) is 0 Å². The average Bonchev–Trinajstić information content (AvgIpc) is 2.96. The molecule has 4 aromatic rings. The monoisotopic (exact) mass is 355 g/mol. The number of nitrogens with zero attached hydrogens (tertiary/aromatic N) is 1. The van der Waals surface area contributed by atoms with Crippen molar-refractivity contribution in [3.05, 3.63) is 86.0 Å². The SMILES string of the molecule is O=c1c(Cl)c(-c2ccccc2)[nH]c2[nH]n(-c3ccc(F)cc3)c(=O)c12. The minimum absolute atomic E-state index is 0.0546. The highest BCUT2D eigenvalue weighted by molar-refractivity contribution is 6.33. The predicted molar refractivity (Wildman–Crippen MR) is 94.9 cm³/mol. The fourth-order valence-electron chi connectivity index (χ4n) is 2.72. The largest absolute Gasteiger partial charge is 0.338 e. The van der Waals surface area contributed by atoms with E-state index in [1.54, 1.807) is 12.1 Å². The van der Waals surface area contributed by atoms with Gasteiger partial charge in [0.2, 0.25) is 5.43 Å². The van der Waals surface area contributed by atoms with Crippen molar-refractivity contribution in [2.45, 2.75) is 0 Å². The van der Waals surface area contributed by atoms with Gasteiger partial charge in [-0.25, -0.2) is 9.07 Å². The van der Waals surface area contributed by atoms with Crippen LogP contribution in [0.15, 0.2) is 64.2 Å². The predicted octanol–water partition coefficient (Wildman–Crippen LogP) is 3.47. The first kappa shape index (κ1) is 15.4. The standard InChI is InChI=1S/C18H11ClFN3O2/c19-14-15(10-4-2-1-3-5-10)21-17-13(16(14)24)18(25)23(22-17)12-8-6-11(20)7-9-12/h1-9H,(H2,21,22,24). The number of fused-ring (bicyclic) bond motifs is 1. The molecule has 4 rings (SSSR count). The van der Waals surface area contributed by atoms with Gasteiger partial charge >= 0.3 is 0 Å². The van der Waals surface area contributed by atoms with Gasteiger partial charge in [0.25, 0.3) is 5.56 Å². The lowest BCUT2D eigenvalue weighted by Gasteiger charge is -2.04. The Bertz CT molecular complexity index is 1190. The van der Waals surface area contributed by atoms with E-state index in [2.05, 4.69) is 10.1 Å². The molecule has 0 saturated carbocycles. The van der Waals surface area contributed by atoms with Gasteiger partial charge in [0.1, 0.15) is 21.9 Å². The van der Waals surface area contributed by atoms with E-state index < -0.39 is 16.8 Å². The molecule has 0 spiro atoms. The maximum Gasteiger partial charge on any atom is 0.284 e. The molecule has 0 unspecified atom stereocenters. The highest BCUT2D eigenvalue weighted by atomic mass is 35.5. The van der Waals surface area contributed by atoms with Crippen LogP contribution in [0.1, 0.15) is 0 Å². The summed E-state index contributed by atoms with van der Waals surface area (Å²) in [6.07, 6.45) is 0. The smallest absolute Gasteiger partial charge is 0.284 e. The molecule has 0 fully saturated rings. The topological polar surface area (TPSA) is 70.7 Å². The second-order valence-electron chi connectivity index (χ2n) is 5.49. The number of hydrogen-bond donors (Lipinski definition) is 2. The van der Waals surface area contributed by atoms with E-state index >= 15 is 0 Å². The minimum atomic E-state index is -0.559. The van der Waals surface area contributed by atoms with Gasteiger partial charge in [-0.15, -0.1) is 0 Å². The second kappa shape index (κ2) is 5.75. The van der Waals surface area contributed by atoms with Gasteiger partial charge in [-0.1, -0.05) is 41.9 Å². The number of hydrogen-bond acceptors (Lipinski definition) is 2. The molecule has 25 heavy (non-hydrogen) atoms. The highest BCUT2D eigenvalue weighted by Crippen LogP contribution is 2.24. The van der Waals surface area contributed by atoms with Crippen molar-refractivity contribution in [1.82, 2.24) is 14.8 Å². The van der Waals surface area contributed by atoms with Gasteiger partial charge in [0.05, 0.1) is 11.4 Å². The van der Waals surface area contributed by atoms with E-state index in [9.17, 15) is 14.0 Å². The summed E-state index contributed by atoms with van der Waals surface area (Å²) in [5.41, 5.74) is 0.699.